The van der Waals surface area contributed by atoms with E-state index in [1.165, 1.54) is 13.8 Å². The van der Waals surface area contributed by atoms with Crippen molar-refractivity contribution in [1.29, 1.82) is 0 Å². The zero-order chi connectivity index (χ0) is 39.5. The molecule has 52 heavy (non-hydrogen) atoms. The fraction of sp³-hybridized carbons (Fsp3) is 0.806. The highest BCUT2D eigenvalue weighted by Crippen LogP contribution is 2.50. The molecule has 3 unspecified atom stereocenters. The van der Waals surface area contributed by atoms with E-state index in [9.17, 15) is 37.9 Å². The van der Waals surface area contributed by atoms with Crippen LogP contribution in [0.25, 0.3) is 0 Å². The van der Waals surface area contributed by atoms with E-state index in [1.54, 1.807) is 41.5 Å². The molecule has 300 valence electrons. The average Bonchev–Trinajstić information content (AvgIpc) is 3.07. The van der Waals surface area contributed by atoms with Crippen molar-refractivity contribution in [1.82, 2.24) is 13.7 Å². The van der Waals surface area contributed by atoms with Gasteiger partial charge in [-0.2, -0.15) is 0 Å². The number of esters is 3. The second kappa shape index (κ2) is 23.7. The Labute approximate surface area is 303 Å². The first-order valence-electron chi connectivity index (χ1n) is 17.3. The Balaban J connectivity index is 3.24. The molecular formula is C31H55N3O16P2. The zero-order valence-corrected chi connectivity index (χ0v) is 33.2. The minimum absolute atomic E-state index is 0.0948. The Morgan fingerprint density at radius 3 is 1.08 bits per heavy atom. The van der Waals surface area contributed by atoms with Crippen LogP contribution in [0.3, 0.4) is 0 Å². The Hall–Kier alpha value is -2.92. The summed E-state index contributed by atoms with van der Waals surface area (Å²) in [4.78, 5) is 77.9. The van der Waals surface area contributed by atoms with Gasteiger partial charge in [0.15, 0.2) is 0 Å². The SMILES string of the molecule is CCOCC(C)C(=O)OCCn1c(=O)n(CCOC(=O)C(C)CP(=O)(OCC)OCC)c(=O)n(CCOC(=O)C(C)CP(=O)(OCC)OCC)c1=O. The number of hydrogen-bond donors (Lipinski definition) is 0. The first-order valence-corrected chi connectivity index (χ1v) is 20.8. The molecule has 1 rings (SSSR count). The lowest BCUT2D eigenvalue weighted by Gasteiger charge is -2.20. The molecule has 1 aromatic rings. The molecule has 0 aliphatic carbocycles. The molecule has 0 amide bonds. The number of nitrogens with zero attached hydrogens (tertiary/aromatic N) is 3. The van der Waals surface area contributed by atoms with E-state index in [0.717, 1.165) is 0 Å². The third kappa shape index (κ3) is 15.2. The summed E-state index contributed by atoms with van der Waals surface area (Å²) >= 11 is 0. The maximum Gasteiger partial charge on any atom is 0.336 e. The lowest BCUT2D eigenvalue weighted by atomic mass is 10.2. The maximum absolute atomic E-state index is 13.4. The lowest BCUT2D eigenvalue weighted by molar-refractivity contribution is -0.150. The van der Waals surface area contributed by atoms with E-state index < -0.39 is 107 Å². The third-order valence-electron chi connectivity index (χ3n) is 7.14. The fourth-order valence-electron chi connectivity index (χ4n) is 4.65. The third-order valence-corrected chi connectivity index (χ3v) is 11.7. The second-order valence-corrected chi connectivity index (χ2v) is 15.6. The second-order valence-electron chi connectivity index (χ2n) is 11.4. The molecular weight excluding hydrogens is 732 g/mol. The van der Waals surface area contributed by atoms with Gasteiger partial charge in [-0.15, -0.1) is 0 Å². The van der Waals surface area contributed by atoms with Crippen LogP contribution < -0.4 is 17.1 Å². The number of rotatable bonds is 27. The van der Waals surface area contributed by atoms with Gasteiger partial charge >= 0.3 is 50.2 Å². The molecule has 0 fully saturated rings. The number of carbonyl (C=O) groups is 3. The molecule has 1 heterocycles. The van der Waals surface area contributed by atoms with Crippen LogP contribution >= 0.6 is 15.2 Å². The highest BCUT2D eigenvalue weighted by molar-refractivity contribution is 7.54. The van der Waals surface area contributed by atoms with Crippen molar-refractivity contribution in [2.24, 2.45) is 17.8 Å². The Kier molecular flexibility index (Phi) is 21.5. The first-order chi connectivity index (χ1) is 24.5. The highest BCUT2D eigenvalue weighted by atomic mass is 31.2. The summed E-state index contributed by atoms with van der Waals surface area (Å²) in [5.41, 5.74) is -3.23. The molecule has 0 radical (unpaired) electrons. The standard InChI is InChI=1S/C31H55N3O16P2/c1-9-43-20-23(6)26(35)44-17-14-32-29(38)33(15-18-45-27(36)24(7)21-51(41,47-10-2)48-11-3)31(40)34(30(32)39)16-19-46-28(37)25(8)22-52(42,49-12-4)50-13-5/h23-25H,9-22H2,1-8H3. The summed E-state index contributed by atoms with van der Waals surface area (Å²) in [5, 5.41) is 0. The van der Waals surface area contributed by atoms with Crippen molar-refractivity contribution in [3.63, 3.8) is 0 Å². The summed E-state index contributed by atoms with van der Waals surface area (Å²) in [5.74, 6) is -4.71. The largest absolute Gasteiger partial charge is 0.464 e. The summed E-state index contributed by atoms with van der Waals surface area (Å²) in [7, 11) is -7.16. The van der Waals surface area contributed by atoms with Gasteiger partial charge in [0.25, 0.3) is 0 Å². The summed E-state index contributed by atoms with van der Waals surface area (Å²) < 4.78 is 69.5. The molecule has 0 saturated heterocycles. The van der Waals surface area contributed by atoms with E-state index >= 15 is 0 Å². The summed E-state index contributed by atoms with van der Waals surface area (Å²) in [6, 6.07) is 0. The molecule has 0 aliphatic rings. The molecule has 0 bridgehead atoms. The quantitative estimate of drug-likeness (QED) is 0.0708. The number of carbonyl (C=O) groups excluding carboxylic acids is 3. The van der Waals surface area contributed by atoms with Gasteiger partial charge in [0.2, 0.25) is 0 Å². The average molecular weight is 788 g/mol. The Morgan fingerprint density at radius 2 is 0.808 bits per heavy atom. The summed E-state index contributed by atoms with van der Waals surface area (Å²) in [6.45, 7) is 10.8. The highest BCUT2D eigenvalue weighted by Gasteiger charge is 2.32. The lowest BCUT2D eigenvalue weighted by Crippen LogP contribution is -2.55. The predicted molar refractivity (Wildman–Crippen MR) is 188 cm³/mol. The monoisotopic (exact) mass is 787 g/mol. The van der Waals surface area contributed by atoms with Crippen LogP contribution in [-0.2, 0) is 80.2 Å². The van der Waals surface area contributed by atoms with E-state index in [2.05, 4.69) is 0 Å². The van der Waals surface area contributed by atoms with Crippen molar-refractivity contribution in [3.05, 3.63) is 31.5 Å². The molecule has 3 atom stereocenters. The first kappa shape index (κ1) is 47.1. The molecule has 0 saturated carbocycles. The van der Waals surface area contributed by atoms with Gasteiger partial charge in [-0.25, -0.2) is 28.1 Å². The van der Waals surface area contributed by atoms with Crippen LogP contribution in [0.15, 0.2) is 14.4 Å². The van der Waals surface area contributed by atoms with Crippen molar-refractivity contribution in [2.75, 3.05) is 71.8 Å². The topological polar surface area (TPSA) is 225 Å². The van der Waals surface area contributed by atoms with Gasteiger partial charge in [0.1, 0.15) is 19.8 Å². The number of hydrogen-bond acceptors (Lipinski definition) is 16. The van der Waals surface area contributed by atoms with Gasteiger partial charge in [-0.1, -0.05) is 13.8 Å². The fourth-order valence-corrected chi connectivity index (χ4v) is 8.43. The molecule has 0 aromatic carbocycles. The molecule has 1 aromatic heterocycles. The summed E-state index contributed by atoms with van der Waals surface area (Å²) in [6.07, 6.45) is -0.529. The van der Waals surface area contributed by atoms with E-state index in [-0.39, 0.29) is 45.4 Å². The molecule has 0 aliphatic heterocycles. The Morgan fingerprint density at radius 1 is 0.519 bits per heavy atom. The van der Waals surface area contributed by atoms with Crippen LogP contribution in [0.2, 0.25) is 0 Å². The molecule has 19 nitrogen and oxygen atoms in total. The van der Waals surface area contributed by atoms with Crippen molar-refractivity contribution < 1.29 is 60.6 Å². The van der Waals surface area contributed by atoms with E-state index in [0.29, 0.717) is 20.3 Å². The van der Waals surface area contributed by atoms with E-state index in [4.69, 9.17) is 37.0 Å². The van der Waals surface area contributed by atoms with Gasteiger partial charge in [-0.3, -0.25) is 23.5 Å². The Bertz CT molecular complexity index is 1460. The zero-order valence-electron chi connectivity index (χ0n) is 31.4. The van der Waals surface area contributed by atoms with Crippen molar-refractivity contribution in [2.45, 2.75) is 75.0 Å². The van der Waals surface area contributed by atoms with Gasteiger partial charge in [-0.05, 0) is 41.5 Å². The number of ether oxygens (including phenoxy) is 4. The van der Waals surface area contributed by atoms with Gasteiger partial charge < -0.3 is 37.0 Å². The van der Waals surface area contributed by atoms with Crippen LogP contribution in [-0.4, -0.2) is 103 Å². The van der Waals surface area contributed by atoms with E-state index in [1.807, 2.05) is 0 Å². The smallest absolute Gasteiger partial charge is 0.336 e. The molecule has 0 N–H and O–H groups in total. The van der Waals surface area contributed by atoms with Crippen LogP contribution in [0.4, 0.5) is 0 Å². The minimum Gasteiger partial charge on any atom is -0.464 e. The van der Waals surface area contributed by atoms with Crippen molar-refractivity contribution in [3.8, 4) is 0 Å². The predicted octanol–water partition coefficient (Wildman–Crippen LogP) is 2.28. The van der Waals surface area contributed by atoms with Crippen LogP contribution in [0, 0.1) is 17.8 Å². The number of aromatic nitrogens is 3. The van der Waals surface area contributed by atoms with Crippen LogP contribution in [0.5, 0.6) is 0 Å². The van der Waals surface area contributed by atoms with Crippen LogP contribution in [0.1, 0.15) is 55.4 Å². The molecule has 0 spiro atoms. The maximum atomic E-state index is 13.4. The van der Waals surface area contributed by atoms with Gasteiger partial charge in [0.05, 0.1) is 82.7 Å². The molecule has 21 heteroatoms. The van der Waals surface area contributed by atoms with Gasteiger partial charge in [0, 0.05) is 6.61 Å². The normalized spacial score (nSPS) is 13.7. The van der Waals surface area contributed by atoms with Crippen molar-refractivity contribution >= 4 is 33.1 Å². The minimum atomic E-state index is -3.58.